The molecule has 166 valence electrons. The summed E-state index contributed by atoms with van der Waals surface area (Å²) in [6.07, 6.45) is 7.01. The molecule has 1 aliphatic heterocycles. The van der Waals surface area contributed by atoms with Gasteiger partial charge >= 0.3 is 6.09 Å². The van der Waals surface area contributed by atoms with Crippen LogP contribution < -0.4 is 4.72 Å². The van der Waals surface area contributed by atoms with E-state index in [-0.39, 0.29) is 5.92 Å². The number of hydrogen-bond acceptors (Lipinski definition) is 5. The maximum Gasteiger partial charge on any atom is 0.411 e. The summed E-state index contributed by atoms with van der Waals surface area (Å²) in [5.41, 5.74) is -1.37. The molecule has 1 aliphatic rings. The zero-order chi connectivity index (χ0) is 22.4. The van der Waals surface area contributed by atoms with Gasteiger partial charge < -0.3 is 9.47 Å². The molecule has 0 spiro atoms. The van der Waals surface area contributed by atoms with E-state index in [2.05, 4.69) is 17.7 Å². The lowest BCUT2D eigenvalue weighted by Crippen LogP contribution is -2.63. The van der Waals surface area contributed by atoms with E-state index >= 15 is 0 Å². The lowest BCUT2D eigenvalue weighted by Gasteiger charge is -2.44. The Labute approximate surface area is 178 Å². The van der Waals surface area contributed by atoms with Crippen LogP contribution in [0.1, 0.15) is 60.8 Å². The number of rotatable bonds is 8. The van der Waals surface area contributed by atoms with Crippen LogP contribution in [0.25, 0.3) is 0 Å². The zero-order valence-corrected chi connectivity index (χ0v) is 19.8. The summed E-state index contributed by atoms with van der Waals surface area (Å²) in [7, 11) is 0.289. The number of ether oxygens (including phenoxy) is 2. The fourth-order valence-electron chi connectivity index (χ4n) is 4.07. The van der Waals surface area contributed by atoms with Crippen LogP contribution in [0.3, 0.4) is 0 Å². The Balaban J connectivity index is 3.55. The van der Waals surface area contributed by atoms with Gasteiger partial charge in [-0.2, -0.15) is 5.26 Å². The van der Waals surface area contributed by atoms with Crippen molar-refractivity contribution in [3.8, 4) is 6.07 Å². The van der Waals surface area contributed by atoms with E-state index in [0.29, 0.717) is 12.8 Å². The summed E-state index contributed by atoms with van der Waals surface area (Å²) in [4.78, 5) is 14.7. The first kappa shape index (κ1) is 25.6. The van der Waals surface area contributed by atoms with Gasteiger partial charge in [-0.1, -0.05) is 25.5 Å². The van der Waals surface area contributed by atoms with Crippen LogP contribution in [0.5, 0.6) is 0 Å². The van der Waals surface area contributed by atoms with Crippen molar-refractivity contribution in [3.05, 3.63) is 12.2 Å². The number of nitriles is 1. The van der Waals surface area contributed by atoms with Gasteiger partial charge in [-0.15, -0.1) is 0 Å². The molecule has 0 radical (unpaired) electrons. The van der Waals surface area contributed by atoms with Crippen molar-refractivity contribution in [3.63, 3.8) is 0 Å². The molecular formula is C21H37N3O4S. The average molecular weight is 428 g/mol. The van der Waals surface area contributed by atoms with Crippen LogP contribution >= 0.6 is 0 Å². The molecule has 0 saturated carbocycles. The van der Waals surface area contributed by atoms with Crippen LogP contribution in [-0.2, 0) is 20.5 Å². The minimum absolute atomic E-state index is 0.0930. The third-order valence-electron chi connectivity index (χ3n) is 5.29. The first-order chi connectivity index (χ1) is 13.4. The first-order valence-electron chi connectivity index (χ1n) is 10.1. The molecule has 0 bridgehead atoms. The highest BCUT2D eigenvalue weighted by molar-refractivity contribution is 7.82. The second kappa shape index (κ2) is 10.6. The molecule has 0 aromatic heterocycles. The number of likely N-dealkylation sites (tertiary alicyclic amines) is 1. The standard InChI is InChI=1S/C21H37N3O4S/c1-9-11-15-13-16(14-22)24(19(25)28-20(3,4)5)17(15)18(23-29(8)26)21(6,27-7)12-10-2/h9,11,15-18,23H,10,12-13H2,1-8H3/b11-9-/t15?,16-,17-,18?,21+,29+/m1/s1. The monoisotopic (exact) mass is 427 g/mol. The Morgan fingerprint density at radius 2 is 2.03 bits per heavy atom. The van der Waals surface area contributed by atoms with Gasteiger partial charge in [-0.3, -0.25) is 4.90 Å². The minimum atomic E-state index is -1.34. The highest BCUT2D eigenvalue weighted by Gasteiger charge is 2.53. The summed E-state index contributed by atoms with van der Waals surface area (Å²) in [6.45, 7) is 11.3. The van der Waals surface area contributed by atoms with Crippen LogP contribution in [0.2, 0.25) is 0 Å². The molecule has 2 unspecified atom stereocenters. The molecule has 6 atom stereocenters. The fraction of sp³-hybridized carbons (Fsp3) is 0.810. The average Bonchev–Trinajstić information content (AvgIpc) is 2.96. The van der Waals surface area contributed by atoms with Crippen molar-refractivity contribution in [2.24, 2.45) is 5.92 Å². The number of carbonyl (C=O) groups excluding carboxylic acids is 1. The van der Waals surface area contributed by atoms with Crippen molar-refractivity contribution < 1.29 is 18.5 Å². The first-order valence-corrected chi connectivity index (χ1v) is 11.7. The lowest BCUT2D eigenvalue weighted by molar-refractivity contribution is -0.0540. The van der Waals surface area contributed by atoms with Crippen molar-refractivity contribution in [1.82, 2.24) is 9.62 Å². The number of allylic oxidation sites excluding steroid dienone is 1. The molecule has 1 fully saturated rings. The van der Waals surface area contributed by atoms with E-state index in [9.17, 15) is 14.3 Å². The Morgan fingerprint density at radius 1 is 1.41 bits per heavy atom. The predicted molar refractivity (Wildman–Crippen MR) is 115 cm³/mol. The summed E-state index contributed by atoms with van der Waals surface area (Å²) >= 11 is 0. The molecule has 0 aliphatic carbocycles. The number of hydrogen-bond donors (Lipinski definition) is 1. The second-order valence-corrected chi connectivity index (χ2v) is 9.91. The highest BCUT2D eigenvalue weighted by Crippen LogP contribution is 2.39. The van der Waals surface area contributed by atoms with Gasteiger partial charge in [0.25, 0.3) is 0 Å². The maximum absolute atomic E-state index is 13.1. The van der Waals surface area contributed by atoms with Gasteiger partial charge in [0, 0.05) is 19.3 Å². The van der Waals surface area contributed by atoms with Crippen molar-refractivity contribution in [1.29, 1.82) is 5.26 Å². The maximum atomic E-state index is 13.1. The van der Waals surface area contributed by atoms with Crippen LogP contribution in [0.4, 0.5) is 4.79 Å². The van der Waals surface area contributed by atoms with Crippen LogP contribution in [-0.4, -0.2) is 57.9 Å². The molecule has 1 amide bonds. The molecule has 7 nitrogen and oxygen atoms in total. The van der Waals surface area contributed by atoms with Gasteiger partial charge in [0.15, 0.2) is 0 Å². The Hall–Kier alpha value is -1.43. The Bertz CT molecular complexity index is 655. The summed E-state index contributed by atoms with van der Waals surface area (Å²) < 4.78 is 26.9. The summed E-state index contributed by atoms with van der Waals surface area (Å²) in [5.74, 6) is -0.0930. The molecule has 1 rings (SSSR count). The Kier molecular flexibility index (Phi) is 9.32. The Morgan fingerprint density at radius 3 is 2.45 bits per heavy atom. The number of nitrogens with one attached hydrogen (secondary N) is 1. The van der Waals surface area contributed by atoms with Gasteiger partial charge in [0.2, 0.25) is 0 Å². The number of methoxy groups -OCH3 is 1. The van der Waals surface area contributed by atoms with Crippen molar-refractivity contribution >= 4 is 17.1 Å². The molecule has 29 heavy (non-hydrogen) atoms. The van der Waals surface area contributed by atoms with Gasteiger partial charge in [-0.05, 0) is 47.5 Å². The number of carbonyl (C=O) groups is 1. The molecule has 1 N–H and O–H groups in total. The van der Waals surface area contributed by atoms with E-state index in [1.54, 1.807) is 34.1 Å². The number of nitrogens with zero attached hydrogens (tertiary/aromatic N) is 2. The smallest absolute Gasteiger partial charge is 0.411 e. The molecule has 1 heterocycles. The summed E-state index contributed by atoms with van der Waals surface area (Å²) in [5, 5.41) is 9.78. The third-order valence-corrected chi connectivity index (χ3v) is 5.87. The molecular weight excluding hydrogens is 390 g/mol. The fourth-order valence-corrected chi connectivity index (χ4v) is 4.81. The van der Waals surface area contributed by atoms with Crippen molar-refractivity contribution in [2.45, 2.75) is 90.1 Å². The van der Waals surface area contributed by atoms with E-state index < -0.39 is 46.4 Å². The van der Waals surface area contributed by atoms with Crippen molar-refractivity contribution in [2.75, 3.05) is 13.4 Å². The van der Waals surface area contributed by atoms with E-state index in [1.165, 1.54) is 4.90 Å². The molecule has 8 heteroatoms. The molecule has 0 aromatic rings. The molecule has 1 saturated heterocycles. The van der Waals surface area contributed by atoms with Gasteiger partial charge in [-0.25, -0.2) is 13.7 Å². The quantitative estimate of drug-likeness (QED) is 0.598. The SMILES string of the molecule is C/C=C\C1C[C@H](C#N)N(C(=O)OC(C)(C)C)[C@H]1C(N[S@](C)=O)[C@](C)(CCC)OC. The highest BCUT2D eigenvalue weighted by atomic mass is 32.2. The van der Waals surface area contributed by atoms with E-state index in [4.69, 9.17) is 9.47 Å². The minimum Gasteiger partial charge on any atom is -0.444 e. The van der Waals surface area contributed by atoms with Gasteiger partial charge in [0.1, 0.15) is 11.6 Å². The zero-order valence-electron chi connectivity index (χ0n) is 19.0. The van der Waals surface area contributed by atoms with Crippen LogP contribution in [0.15, 0.2) is 12.2 Å². The predicted octanol–water partition coefficient (Wildman–Crippen LogP) is 3.54. The topological polar surface area (TPSA) is 91.7 Å². The second-order valence-electron chi connectivity index (χ2n) is 8.76. The van der Waals surface area contributed by atoms with E-state index in [0.717, 1.165) is 6.42 Å². The largest absolute Gasteiger partial charge is 0.444 e. The lowest BCUT2D eigenvalue weighted by atomic mass is 9.81. The third kappa shape index (κ3) is 6.53. The number of amides is 1. The van der Waals surface area contributed by atoms with Gasteiger partial charge in [0.05, 0.1) is 34.7 Å². The van der Waals surface area contributed by atoms with Crippen LogP contribution in [0, 0.1) is 17.2 Å². The normalized spacial score (nSPS) is 26.7. The van der Waals surface area contributed by atoms with E-state index in [1.807, 2.05) is 26.0 Å². The summed E-state index contributed by atoms with van der Waals surface area (Å²) in [6, 6.07) is 0.732. The molecule has 0 aromatic carbocycles.